The Morgan fingerprint density at radius 2 is 1.95 bits per heavy atom. The van der Waals surface area contributed by atoms with Crippen LogP contribution in [0.2, 0.25) is 4.34 Å². The number of hydrogen-bond acceptors (Lipinski definition) is 4. The molecule has 1 aromatic carbocycles. The number of ether oxygens (including phenoxy) is 2. The van der Waals surface area contributed by atoms with Gasteiger partial charge in [-0.2, -0.15) is 0 Å². The molecule has 1 atom stereocenters. The van der Waals surface area contributed by atoms with Crippen LogP contribution in [0.5, 0.6) is 11.5 Å². The summed E-state index contributed by atoms with van der Waals surface area (Å²) in [5, 5.41) is 10.4. The smallest absolute Gasteiger partial charge is 0.161 e. The van der Waals surface area contributed by atoms with Crippen molar-refractivity contribution in [3.8, 4) is 11.5 Å². The fourth-order valence-electron chi connectivity index (χ4n) is 1.89. The summed E-state index contributed by atoms with van der Waals surface area (Å²) in [6.45, 7) is 1.09. The van der Waals surface area contributed by atoms with Gasteiger partial charge >= 0.3 is 0 Å². The molecule has 0 amide bonds. The summed E-state index contributed by atoms with van der Waals surface area (Å²) >= 11 is 10.7. The molecule has 1 aliphatic heterocycles. The van der Waals surface area contributed by atoms with Gasteiger partial charge in [0.1, 0.15) is 23.7 Å². The molecule has 0 spiro atoms. The van der Waals surface area contributed by atoms with Crippen molar-refractivity contribution in [2.75, 3.05) is 13.2 Å². The van der Waals surface area contributed by atoms with E-state index in [9.17, 15) is 5.11 Å². The standard InChI is InChI=1S/C13H10BrClO3S/c14-8-6-11(19-13(8)15)12(16)7-1-2-9-10(5-7)18-4-3-17-9/h1-2,5-6,12,16H,3-4H2. The van der Waals surface area contributed by atoms with Crippen LogP contribution >= 0.6 is 38.9 Å². The highest BCUT2D eigenvalue weighted by Gasteiger charge is 2.19. The molecule has 6 heteroatoms. The van der Waals surface area contributed by atoms with Crippen LogP contribution in [0.1, 0.15) is 16.5 Å². The van der Waals surface area contributed by atoms with Crippen LogP contribution in [-0.4, -0.2) is 18.3 Å². The Morgan fingerprint density at radius 1 is 1.21 bits per heavy atom. The van der Waals surface area contributed by atoms with Crippen molar-refractivity contribution >= 4 is 38.9 Å². The minimum atomic E-state index is -0.718. The van der Waals surface area contributed by atoms with Gasteiger partial charge in [-0.3, -0.25) is 0 Å². The summed E-state index contributed by atoms with van der Waals surface area (Å²) < 4.78 is 12.4. The van der Waals surface area contributed by atoms with Crippen molar-refractivity contribution in [3.05, 3.63) is 43.5 Å². The van der Waals surface area contributed by atoms with E-state index in [1.807, 2.05) is 18.2 Å². The predicted octanol–water partition coefficient (Wildman–Crippen LogP) is 4.02. The maximum atomic E-state index is 10.4. The third-order valence-electron chi connectivity index (χ3n) is 2.82. The lowest BCUT2D eigenvalue weighted by atomic mass is 10.1. The van der Waals surface area contributed by atoms with Crippen molar-refractivity contribution in [2.24, 2.45) is 0 Å². The average molecular weight is 362 g/mol. The van der Waals surface area contributed by atoms with Gasteiger partial charge in [0.25, 0.3) is 0 Å². The summed E-state index contributed by atoms with van der Waals surface area (Å²) in [4.78, 5) is 0.786. The molecule has 0 fully saturated rings. The average Bonchev–Trinajstić information content (AvgIpc) is 2.77. The van der Waals surface area contributed by atoms with Crippen molar-refractivity contribution in [1.29, 1.82) is 0 Å². The Labute approximate surface area is 127 Å². The molecular formula is C13H10BrClO3S. The highest BCUT2D eigenvalue weighted by atomic mass is 79.9. The molecule has 3 nitrogen and oxygen atoms in total. The molecule has 0 radical (unpaired) electrons. The Morgan fingerprint density at radius 3 is 2.63 bits per heavy atom. The molecule has 2 heterocycles. The van der Waals surface area contributed by atoms with Gasteiger partial charge < -0.3 is 14.6 Å². The van der Waals surface area contributed by atoms with E-state index in [1.54, 1.807) is 6.07 Å². The zero-order valence-electron chi connectivity index (χ0n) is 9.73. The summed E-state index contributed by atoms with van der Waals surface area (Å²) in [5.74, 6) is 1.39. The zero-order valence-corrected chi connectivity index (χ0v) is 12.9. The topological polar surface area (TPSA) is 38.7 Å². The Kier molecular flexibility index (Phi) is 3.71. The first kappa shape index (κ1) is 13.2. The van der Waals surface area contributed by atoms with Crippen molar-refractivity contribution in [3.63, 3.8) is 0 Å². The number of fused-ring (bicyclic) bond motifs is 1. The monoisotopic (exact) mass is 360 g/mol. The van der Waals surface area contributed by atoms with Gasteiger partial charge in [0.2, 0.25) is 0 Å². The molecule has 1 aromatic heterocycles. The fraction of sp³-hybridized carbons (Fsp3) is 0.231. The number of hydrogen-bond donors (Lipinski definition) is 1. The van der Waals surface area contributed by atoms with E-state index in [0.29, 0.717) is 29.0 Å². The Balaban J connectivity index is 1.93. The van der Waals surface area contributed by atoms with Gasteiger partial charge in [-0.05, 0) is 39.7 Å². The molecule has 3 rings (SSSR count). The van der Waals surface area contributed by atoms with Gasteiger partial charge in [-0.1, -0.05) is 17.7 Å². The van der Waals surface area contributed by atoms with E-state index in [-0.39, 0.29) is 0 Å². The van der Waals surface area contributed by atoms with Crippen LogP contribution in [-0.2, 0) is 0 Å². The number of rotatable bonds is 2. The molecule has 1 unspecified atom stereocenters. The van der Waals surface area contributed by atoms with Crippen molar-refractivity contribution < 1.29 is 14.6 Å². The molecule has 0 bridgehead atoms. The van der Waals surface area contributed by atoms with Crippen LogP contribution in [0.15, 0.2) is 28.7 Å². The minimum absolute atomic E-state index is 0.531. The molecular weight excluding hydrogens is 352 g/mol. The third kappa shape index (κ3) is 2.60. The van der Waals surface area contributed by atoms with E-state index in [0.717, 1.165) is 14.9 Å². The number of halogens is 2. The van der Waals surface area contributed by atoms with Gasteiger partial charge in [0.15, 0.2) is 11.5 Å². The maximum Gasteiger partial charge on any atom is 0.161 e. The number of benzene rings is 1. The van der Waals surface area contributed by atoms with Gasteiger partial charge in [-0.25, -0.2) is 0 Å². The van der Waals surface area contributed by atoms with Crippen molar-refractivity contribution in [2.45, 2.75) is 6.10 Å². The van der Waals surface area contributed by atoms with Crippen LogP contribution < -0.4 is 9.47 Å². The number of aliphatic hydroxyl groups excluding tert-OH is 1. The molecule has 2 aromatic rings. The summed E-state index contributed by atoms with van der Waals surface area (Å²) in [6.07, 6.45) is -0.718. The third-order valence-corrected chi connectivity index (χ3v) is 5.34. The molecule has 0 saturated heterocycles. The molecule has 19 heavy (non-hydrogen) atoms. The summed E-state index contributed by atoms with van der Waals surface area (Å²) in [5.41, 5.74) is 0.759. The quantitative estimate of drug-likeness (QED) is 0.878. The van der Waals surface area contributed by atoms with Crippen molar-refractivity contribution in [1.82, 2.24) is 0 Å². The molecule has 1 aliphatic rings. The summed E-state index contributed by atoms with van der Waals surface area (Å²) in [7, 11) is 0. The van der Waals surface area contributed by atoms with Gasteiger partial charge in [0.05, 0.1) is 0 Å². The second kappa shape index (κ2) is 5.32. The van der Waals surface area contributed by atoms with Gasteiger partial charge in [0, 0.05) is 9.35 Å². The minimum Gasteiger partial charge on any atom is -0.486 e. The van der Waals surface area contributed by atoms with E-state index in [2.05, 4.69) is 15.9 Å². The first-order chi connectivity index (χ1) is 9.15. The summed E-state index contributed by atoms with van der Waals surface area (Å²) in [6, 6.07) is 7.28. The second-order valence-electron chi connectivity index (χ2n) is 4.08. The lowest BCUT2D eigenvalue weighted by Gasteiger charge is -2.20. The Bertz CT molecular complexity index is 594. The molecule has 0 saturated carbocycles. The first-order valence-electron chi connectivity index (χ1n) is 5.67. The first-order valence-corrected chi connectivity index (χ1v) is 7.66. The fourth-order valence-corrected chi connectivity index (χ4v) is 3.64. The number of aliphatic hydroxyl groups is 1. The van der Waals surface area contributed by atoms with Crippen LogP contribution in [0, 0.1) is 0 Å². The van der Waals surface area contributed by atoms with Gasteiger partial charge in [-0.15, -0.1) is 11.3 Å². The lowest BCUT2D eigenvalue weighted by molar-refractivity contribution is 0.170. The van der Waals surface area contributed by atoms with E-state index >= 15 is 0 Å². The van der Waals surface area contributed by atoms with Crippen LogP contribution in [0.4, 0.5) is 0 Å². The van der Waals surface area contributed by atoms with E-state index in [1.165, 1.54) is 11.3 Å². The second-order valence-corrected chi connectivity index (χ2v) is 6.62. The predicted molar refractivity (Wildman–Crippen MR) is 78.5 cm³/mol. The SMILES string of the molecule is OC(c1ccc2c(c1)OCCO2)c1cc(Br)c(Cl)s1. The highest BCUT2D eigenvalue weighted by Crippen LogP contribution is 2.39. The normalized spacial score (nSPS) is 15.3. The molecule has 100 valence electrons. The highest BCUT2D eigenvalue weighted by molar-refractivity contribution is 9.10. The van der Waals surface area contributed by atoms with Crippen LogP contribution in [0.3, 0.4) is 0 Å². The lowest BCUT2D eigenvalue weighted by Crippen LogP contribution is -2.15. The molecule has 1 N–H and O–H groups in total. The maximum absolute atomic E-state index is 10.4. The molecule has 0 aliphatic carbocycles. The van der Waals surface area contributed by atoms with E-state index < -0.39 is 6.10 Å². The van der Waals surface area contributed by atoms with Crippen LogP contribution in [0.25, 0.3) is 0 Å². The largest absolute Gasteiger partial charge is 0.486 e. The van der Waals surface area contributed by atoms with E-state index in [4.69, 9.17) is 21.1 Å². The zero-order chi connectivity index (χ0) is 13.4. The Hall–Kier alpha value is -0.750. The number of thiophene rings is 1.